The van der Waals surface area contributed by atoms with Gasteiger partial charge in [0.25, 0.3) is 0 Å². The number of nitrogens with zero attached hydrogens (tertiary/aromatic N) is 3. The van der Waals surface area contributed by atoms with Gasteiger partial charge in [-0.25, -0.2) is 13.8 Å². The Balaban J connectivity index is 1.76. The Morgan fingerprint density at radius 3 is 2.85 bits per heavy atom. The molecule has 130 valence electrons. The Labute approximate surface area is 150 Å². The molecule has 3 aromatic rings. The molecule has 0 bridgehead atoms. The van der Waals surface area contributed by atoms with Crippen LogP contribution in [0.3, 0.4) is 0 Å². The highest BCUT2D eigenvalue weighted by Crippen LogP contribution is 2.38. The van der Waals surface area contributed by atoms with Gasteiger partial charge in [0, 0.05) is 36.4 Å². The summed E-state index contributed by atoms with van der Waals surface area (Å²) >= 11 is 0. The highest BCUT2D eigenvalue weighted by molar-refractivity contribution is 5.88. The van der Waals surface area contributed by atoms with Crippen LogP contribution < -0.4 is 0 Å². The SMILES string of the molecule is Cc1cc(-c2nc3n(c2-c2ccc4c(c2)C=NC4)CCC3)c(F)cc1F. The van der Waals surface area contributed by atoms with Crippen LogP contribution in [0.1, 0.15) is 28.9 Å². The van der Waals surface area contributed by atoms with Gasteiger partial charge in [0.2, 0.25) is 0 Å². The zero-order valence-electron chi connectivity index (χ0n) is 14.4. The molecular weight excluding hydrogens is 332 g/mol. The Kier molecular flexibility index (Phi) is 3.32. The fraction of sp³-hybridized carbons (Fsp3) is 0.238. The molecule has 0 saturated carbocycles. The third-order valence-corrected chi connectivity index (χ3v) is 5.24. The van der Waals surface area contributed by atoms with Gasteiger partial charge in [-0.2, -0.15) is 0 Å². The molecule has 0 atom stereocenters. The molecule has 0 radical (unpaired) electrons. The van der Waals surface area contributed by atoms with E-state index in [1.54, 1.807) is 13.0 Å². The fourth-order valence-corrected chi connectivity index (χ4v) is 3.89. The van der Waals surface area contributed by atoms with E-state index in [1.165, 1.54) is 5.56 Å². The van der Waals surface area contributed by atoms with Crippen molar-refractivity contribution in [3.05, 3.63) is 64.5 Å². The molecule has 0 N–H and O–H groups in total. The topological polar surface area (TPSA) is 30.2 Å². The lowest BCUT2D eigenvalue weighted by atomic mass is 9.99. The molecular formula is C21H17F2N3. The van der Waals surface area contributed by atoms with E-state index in [-0.39, 0.29) is 0 Å². The molecule has 3 nitrogen and oxygen atoms in total. The molecule has 2 aliphatic rings. The van der Waals surface area contributed by atoms with Crippen molar-refractivity contribution in [1.82, 2.24) is 9.55 Å². The van der Waals surface area contributed by atoms with Crippen LogP contribution in [0.15, 0.2) is 35.3 Å². The minimum atomic E-state index is -0.575. The minimum Gasteiger partial charge on any atom is -0.327 e. The van der Waals surface area contributed by atoms with Gasteiger partial charge in [-0.05, 0) is 42.2 Å². The van der Waals surface area contributed by atoms with Gasteiger partial charge >= 0.3 is 0 Å². The van der Waals surface area contributed by atoms with Crippen molar-refractivity contribution in [3.63, 3.8) is 0 Å². The summed E-state index contributed by atoms with van der Waals surface area (Å²) < 4.78 is 30.5. The Bertz CT molecular complexity index is 1080. The summed E-state index contributed by atoms with van der Waals surface area (Å²) in [7, 11) is 0. The molecule has 0 amide bonds. The van der Waals surface area contributed by atoms with Gasteiger partial charge in [0.05, 0.1) is 17.9 Å². The second kappa shape index (κ2) is 5.59. The van der Waals surface area contributed by atoms with Crippen molar-refractivity contribution >= 4 is 6.21 Å². The van der Waals surface area contributed by atoms with Gasteiger partial charge in [-0.3, -0.25) is 4.99 Å². The van der Waals surface area contributed by atoms with Crippen LogP contribution in [0.4, 0.5) is 8.78 Å². The van der Waals surface area contributed by atoms with Crippen LogP contribution in [0, 0.1) is 18.6 Å². The molecule has 1 aromatic heterocycles. The lowest BCUT2D eigenvalue weighted by Crippen LogP contribution is -1.98. The van der Waals surface area contributed by atoms with Crippen molar-refractivity contribution in [2.24, 2.45) is 4.99 Å². The van der Waals surface area contributed by atoms with Crippen molar-refractivity contribution < 1.29 is 8.78 Å². The summed E-state index contributed by atoms with van der Waals surface area (Å²) in [5.74, 6) is -0.146. The molecule has 2 aliphatic heterocycles. The number of hydrogen-bond donors (Lipinski definition) is 0. The summed E-state index contributed by atoms with van der Waals surface area (Å²) in [5.41, 5.74) is 5.56. The van der Waals surface area contributed by atoms with E-state index in [9.17, 15) is 8.78 Å². The molecule has 5 rings (SSSR count). The maximum absolute atomic E-state index is 14.6. The smallest absolute Gasteiger partial charge is 0.135 e. The Morgan fingerprint density at radius 2 is 1.96 bits per heavy atom. The maximum Gasteiger partial charge on any atom is 0.135 e. The van der Waals surface area contributed by atoms with Crippen molar-refractivity contribution in [2.75, 3.05) is 0 Å². The number of aromatic nitrogens is 2. The third-order valence-electron chi connectivity index (χ3n) is 5.24. The predicted octanol–water partition coefficient (Wildman–Crippen LogP) is 4.68. The van der Waals surface area contributed by atoms with Crippen LogP contribution >= 0.6 is 0 Å². The third kappa shape index (κ3) is 2.23. The minimum absolute atomic E-state index is 0.356. The van der Waals surface area contributed by atoms with Crippen molar-refractivity contribution in [1.29, 1.82) is 0 Å². The van der Waals surface area contributed by atoms with E-state index in [0.717, 1.165) is 48.1 Å². The summed E-state index contributed by atoms with van der Waals surface area (Å²) in [5, 5.41) is 0. The van der Waals surface area contributed by atoms with Crippen molar-refractivity contribution in [3.8, 4) is 22.5 Å². The molecule has 0 fully saturated rings. The number of imidazole rings is 1. The zero-order chi connectivity index (χ0) is 17.8. The number of halogens is 2. The van der Waals surface area contributed by atoms with E-state index in [2.05, 4.69) is 21.7 Å². The Hall–Kier alpha value is -2.82. The quantitative estimate of drug-likeness (QED) is 0.660. The second-order valence-electron chi connectivity index (χ2n) is 6.95. The van der Waals surface area contributed by atoms with Gasteiger partial charge in [-0.15, -0.1) is 0 Å². The number of aliphatic imine (C=N–C) groups is 1. The number of benzene rings is 2. The molecule has 5 heteroatoms. The van der Waals surface area contributed by atoms with Gasteiger partial charge < -0.3 is 4.57 Å². The molecule has 2 aromatic carbocycles. The van der Waals surface area contributed by atoms with Crippen molar-refractivity contribution in [2.45, 2.75) is 32.9 Å². The van der Waals surface area contributed by atoms with Gasteiger partial charge in [-0.1, -0.05) is 12.1 Å². The highest BCUT2D eigenvalue weighted by atomic mass is 19.1. The van der Waals surface area contributed by atoms with Gasteiger partial charge in [0.15, 0.2) is 0 Å². The molecule has 0 saturated heterocycles. The van der Waals surface area contributed by atoms with E-state index < -0.39 is 11.6 Å². The lowest BCUT2D eigenvalue weighted by molar-refractivity contribution is 0.579. The molecule has 0 aliphatic carbocycles. The largest absolute Gasteiger partial charge is 0.327 e. The second-order valence-corrected chi connectivity index (χ2v) is 6.95. The van der Waals surface area contributed by atoms with Crippen LogP contribution in [0.2, 0.25) is 0 Å². The zero-order valence-corrected chi connectivity index (χ0v) is 14.4. The molecule has 0 spiro atoms. The summed E-state index contributed by atoms with van der Waals surface area (Å²) in [6.45, 7) is 3.22. The first-order chi connectivity index (χ1) is 12.6. The molecule has 3 heterocycles. The van der Waals surface area contributed by atoms with Crippen LogP contribution in [0.25, 0.3) is 22.5 Å². The highest BCUT2D eigenvalue weighted by Gasteiger charge is 2.26. The monoisotopic (exact) mass is 349 g/mol. The molecule has 0 unspecified atom stereocenters. The lowest BCUT2D eigenvalue weighted by Gasteiger charge is -2.11. The van der Waals surface area contributed by atoms with Crippen LogP contribution in [0.5, 0.6) is 0 Å². The maximum atomic E-state index is 14.6. The van der Waals surface area contributed by atoms with Gasteiger partial charge in [0.1, 0.15) is 17.5 Å². The average molecular weight is 349 g/mol. The van der Waals surface area contributed by atoms with E-state index in [0.29, 0.717) is 23.4 Å². The van der Waals surface area contributed by atoms with E-state index in [1.807, 2.05) is 12.3 Å². The number of hydrogen-bond acceptors (Lipinski definition) is 2. The first kappa shape index (κ1) is 15.4. The molecule has 26 heavy (non-hydrogen) atoms. The predicted molar refractivity (Wildman–Crippen MR) is 97.4 cm³/mol. The fourth-order valence-electron chi connectivity index (χ4n) is 3.89. The number of fused-ring (bicyclic) bond motifs is 2. The van der Waals surface area contributed by atoms with E-state index >= 15 is 0 Å². The standard InChI is InChI=1S/C21H17F2N3/c1-12-7-16(18(23)9-17(12)22)20-21(26-6-2-3-19(26)25-20)13-4-5-14-10-24-11-15(14)8-13/h4-5,7-9,11H,2-3,6,10H2,1H3. The van der Waals surface area contributed by atoms with Crippen LogP contribution in [-0.2, 0) is 19.5 Å². The normalized spacial score (nSPS) is 14.7. The number of rotatable bonds is 2. The number of aryl methyl sites for hydroxylation is 2. The first-order valence-electron chi connectivity index (χ1n) is 8.80. The van der Waals surface area contributed by atoms with Crippen LogP contribution in [-0.4, -0.2) is 15.8 Å². The average Bonchev–Trinajstić information content (AvgIpc) is 3.32. The summed E-state index contributed by atoms with van der Waals surface area (Å²) in [4.78, 5) is 9.04. The summed E-state index contributed by atoms with van der Waals surface area (Å²) in [6.07, 6.45) is 3.79. The van der Waals surface area contributed by atoms with E-state index in [4.69, 9.17) is 4.98 Å². The summed E-state index contributed by atoms with van der Waals surface area (Å²) in [6, 6.07) is 8.72. The first-order valence-corrected chi connectivity index (χ1v) is 8.80. The Morgan fingerprint density at radius 1 is 1.08 bits per heavy atom.